The Kier molecular flexibility index (Phi) is 19.0. The molecule has 8 nitrogen and oxygen atoms in total. The molecule has 12 heteroatoms. The van der Waals surface area contributed by atoms with E-state index in [0.717, 1.165) is 121 Å². The molecule has 0 bridgehead atoms. The highest BCUT2D eigenvalue weighted by atomic mass is 32.1. The van der Waals surface area contributed by atoms with Crippen LogP contribution < -0.4 is 9.80 Å². The van der Waals surface area contributed by atoms with Crippen LogP contribution in [0.1, 0.15) is 84.3 Å². The van der Waals surface area contributed by atoms with Gasteiger partial charge in [-0.05, 0) is 158 Å². The third-order valence-electron chi connectivity index (χ3n) is 15.3. The van der Waals surface area contributed by atoms with Crippen molar-refractivity contribution in [1.29, 1.82) is 0 Å². The Labute approximate surface area is 498 Å². The molecule has 3 aromatic heterocycles. The molecule has 418 valence electrons. The number of carbonyl (C=O) groups is 2. The maximum atomic E-state index is 13.0. The lowest BCUT2D eigenvalue weighted by Gasteiger charge is -2.28. The number of esters is 1. The molecule has 2 unspecified atom stereocenters. The van der Waals surface area contributed by atoms with Crippen molar-refractivity contribution >= 4 is 101 Å². The average Bonchev–Trinajstić information content (AvgIpc) is 4.39. The van der Waals surface area contributed by atoms with Gasteiger partial charge in [0.25, 0.3) is 0 Å². The molecule has 3 heterocycles. The minimum atomic E-state index is -0.279. The van der Waals surface area contributed by atoms with E-state index in [0.29, 0.717) is 31.7 Å². The van der Waals surface area contributed by atoms with E-state index in [1.807, 2.05) is 12.1 Å². The van der Waals surface area contributed by atoms with Gasteiger partial charge in [-0.1, -0.05) is 138 Å². The Morgan fingerprint density at radius 2 is 0.902 bits per heavy atom. The minimum absolute atomic E-state index is 0.208. The van der Waals surface area contributed by atoms with Gasteiger partial charge in [-0.2, -0.15) is 8.75 Å². The van der Waals surface area contributed by atoms with Crippen molar-refractivity contribution < 1.29 is 19.1 Å². The molecule has 0 spiro atoms. The van der Waals surface area contributed by atoms with Crippen LogP contribution in [0.15, 0.2) is 194 Å². The Morgan fingerprint density at radius 1 is 0.488 bits per heavy atom. The van der Waals surface area contributed by atoms with Crippen LogP contribution in [0.4, 0.5) is 34.1 Å². The Hall–Kier alpha value is -7.11. The molecule has 2 atom stereocenters. The normalized spacial score (nSPS) is 12.3. The van der Waals surface area contributed by atoms with E-state index >= 15 is 0 Å². The van der Waals surface area contributed by atoms with Gasteiger partial charge < -0.3 is 19.3 Å². The van der Waals surface area contributed by atoms with Gasteiger partial charge in [0.1, 0.15) is 23.4 Å². The molecule has 10 aromatic rings. The molecule has 7 aromatic carbocycles. The van der Waals surface area contributed by atoms with Crippen LogP contribution in [0.25, 0.3) is 52.8 Å². The number of aromatic nitrogens is 2. The van der Waals surface area contributed by atoms with Crippen LogP contribution >= 0.6 is 43.6 Å². The maximum Gasteiger partial charge on any atom is 0.306 e. The van der Waals surface area contributed by atoms with Gasteiger partial charge in [-0.15, -0.1) is 31.9 Å². The number of fused-ring (bicyclic) bond motifs is 1. The summed E-state index contributed by atoms with van der Waals surface area (Å²) in [6.07, 6.45) is 6.99. The first-order valence-corrected chi connectivity index (χ1v) is 31.7. The molecular weight excluding hydrogens is 1090 g/mol. The first kappa shape index (κ1) is 58.1. The molecular formula is C70H71N4O4PS3. The van der Waals surface area contributed by atoms with Gasteiger partial charge in [0.2, 0.25) is 0 Å². The maximum absolute atomic E-state index is 13.0. The largest absolute Gasteiger partial charge is 0.463 e. The highest BCUT2D eigenvalue weighted by Gasteiger charge is 2.26. The molecule has 0 aliphatic carbocycles. The van der Waals surface area contributed by atoms with Crippen molar-refractivity contribution in [2.24, 2.45) is 5.41 Å². The highest BCUT2D eigenvalue weighted by Crippen LogP contribution is 2.44. The van der Waals surface area contributed by atoms with Crippen molar-refractivity contribution in [2.75, 3.05) is 29.2 Å². The standard InChI is InChI=1S/C70H71N4O4PS3/c1-6-44-69(3,4)65(75)42-22-49-18-28-55(29-19-49)73(53-14-10-8-11-15-53)57-32-24-51(25-33-57)61-38-40-63(80-61)59-36-37-60(68-67(59)71-82-72-68)64-41-39-62(81-64)52-26-34-58(35-27-52)74(54-16-12-9-13-17-54)56-30-20-50(21-31-56)23-43-66(76)77-46-47-78-70(5,48-79)45-7-2/h8-21,24-41H,6-7,22-23,42-48,79H2,1-5H3. The minimum Gasteiger partial charge on any atom is -0.463 e. The number of Topliss-reactive ketones (excluding diaryl/α,β-unsaturated/α-hetero) is 1. The van der Waals surface area contributed by atoms with Crippen molar-refractivity contribution in [1.82, 2.24) is 8.75 Å². The summed E-state index contributed by atoms with van der Waals surface area (Å²) in [5.41, 5.74) is 14.4. The van der Waals surface area contributed by atoms with E-state index in [1.54, 1.807) is 22.7 Å². The van der Waals surface area contributed by atoms with Crippen molar-refractivity contribution in [3.63, 3.8) is 0 Å². The summed E-state index contributed by atoms with van der Waals surface area (Å²) in [6, 6.07) is 68.8. The predicted octanol–water partition coefficient (Wildman–Crippen LogP) is 19.7. The fourth-order valence-electron chi connectivity index (χ4n) is 10.6. The number of aryl methyl sites for hydroxylation is 2. The number of hydrogen-bond donors (Lipinski definition) is 0. The molecule has 0 radical (unpaired) electrons. The number of nitrogens with zero attached hydrogens (tertiary/aromatic N) is 4. The zero-order valence-electron chi connectivity index (χ0n) is 47.5. The van der Waals surface area contributed by atoms with Crippen LogP contribution in [0.3, 0.4) is 0 Å². The zero-order valence-corrected chi connectivity index (χ0v) is 51.1. The summed E-state index contributed by atoms with van der Waals surface area (Å²) in [5, 5.41) is 0. The van der Waals surface area contributed by atoms with Gasteiger partial charge in [-0.3, -0.25) is 9.59 Å². The second kappa shape index (κ2) is 26.9. The zero-order chi connectivity index (χ0) is 57.1. The van der Waals surface area contributed by atoms with E-state index in [1.165, 1.54) is 27.0 Å². The van der Waals surface area contributed by atoms with Gasteiger partial charge in [-0.25, -0.2) is 0 Å². The molecule has 0 aliphatic heterocycles. The second-order valence-corrected chi connectivity index (χ2v) is 24.9. The first-order valence-electron chi connectivity index (χ1n) is 28.5. The summed E-state index contributed by atoms with van der Waals surface area (Å²) in [5.74, 6) is 0.120. The summed E-state index contributed by atoms with van der Waals surface area (Å²) in [6.45, 7) is 11.2. The van der Waals surface area contributed by atoms with Gasteiger partial charge in [0.05, 0.1) is 23.9 Å². The molecule has 0 saturated carbocycles. The lowest BCUT2D eigenvalue weighted by Crippen LogP contribution is -2.32. The number of carbonyl (C=O) groups excluding carboxylic acids is 2. The average molecular weight is 1160 g/mol. The lowest BCUT2D eigenvalue weighted by molar-refractivity contribution is -0.147. The lowest BCUT2D eigenvalue weighted by atomic mass is 9.81. The number of ketones is 1. The van der Waals surface area contributed by atoms with Crippen LogP contribution in [0.5, 0.6) is 0 Å². The van der Waals surface area contributed by atoms with Crippen LogP contribution in [0, 0.1) is 5.41 Å². The molecule has 0 aliphatic rings. The fraction of sp³-hybridized carbons (Fsp3) is 0.257. The van der Waals surface area contributed by atoms with Gasteiger partial charge in [0, 0.05) is 83.0 Å². The summed E-state index contributed by atoms with van der Waals surface area (Å²) in [4.78, 5) is 34.8. The quantitative estimate of drug-likeness (QED) is 0.0301. The number of anilines is 6. The first-order chi connectivity index (χ1) is 39.9. The van der Waals surface area contributed by atoms with E-state index in [2.05, 4.69) is 236 Å². The Balaban J connectivity index is 0.801. The van der Waals surface area contributed by atoms with Crippen molar-refractivity contribution in [3.05, 3.63) is 205 Å². The van der Waals surface area contributed by atoms with Crippen LogP contribution in [-0.4, -0.2) is 45.5 Å². The molecule has 0 saturated heterocycles. The SMILES string of the molecule is CCCC(C)(CP)OCCOC(=O)CCc1ccc(N(c2ccccc2)c2ccc(-c3ccc(-c4ccc(-c5ccc(-c6ccc(N(c7ccccc7)c7ccc(CCC(=O)C(C)(C)CCC)cc7)cc6)s5)c5nsnc45)s3)cc2)cc1. The third kappa shape index (κ3) is 13.9. The van der Waals surface area contributed by atoms with E-state index in [4.69, 9.17) is 18.2 Å². The number of thiophene rings is 2. The number of benzene rings is 7. The number of hydrogen-bond acceptors (Lipinski definition) is 11. The molecule has 0 amide bonds. The van der Waals surface area contributed by atoms with Gasteiger partial charge >= 0.3 is 5.97 Å². The highest BCUT2D eigenvalue weighted by molar-refractivity contribution is 7.19. The third-order valence-corrected chi connectivity index (χ3v) is 19.0. The van der Waals surface area contributed by atoms with Gasteiger partial charge in [0.15, 0.2) is 0 Å². The molecule has 0 fully saturated rings. The van der Waals surface area contributed by atoms with E-state index in [9.17, 15) is 9.59 Å². The smallest absolute Gasteiger partial charge is 0.306 e. The fourth-order valence-corrected chi connectivity index (χ4v) is 13.6. The Bertz CT molecular complexity index is 3690. The van der Waals surface area contributed by atoms with Crippen LogP contribution in [0.2, 0.25) is 0 Å². The summed E-state index contributed by atoms with van der Waals surface area (Å²) < 4.78 is 21.3. The van der Waals surface area contributed by atoms with Crippen LogP contribution in [-0.2, 0) is 31.9 Å². The predicted molar refractivity (Wildman–Crippen MR) is 349 cm³/mol. The van der Waals surface area contributed by atoms with E-state index in [-0.39, 0.29) is 23.6 Å². The number of para-hydroxylation sites is 2. The molecule has 0 N–H and O–H groups in total. The Morgan fingerprint density at radius 3 is 1.34 bits per heavy atom. The number of ether oxygens (including phenoxy) is 2. The topological polar surface area (TPSA) is 84.9 Å². The number of rotatable bonds is 26. The van der Waals surface area contributed by atoms with E-state index < -0.39 is 0 Å². The summed E-state index contributed by atoms with van der Waals surface area (Å²) >= 11 is 4.79. The molecule has 10 rings (SSSR count). The molecule has 82 heavy (non-hydrogen) atoms. The second-order valence-electron chi connectivity index (χ2n) is 21.7. The monoisotopic (exact) mass is 1160 g/mol. The van der Waals surface area contributed by atoms with Crippen molar-refractivity contribution in [2.45, 2.75) is 91.6 Å². The summed E-state index contributed by atoms with van der Waals surface area (Å²) in [7, 11) is 2.77. The van der Waals surface area contributed by atoms with Crippen molar-refractivity contribution in [3.8, 4) is 41.8 Å².